The number of rotatable bonds is 9. The zero-order chi connectivity index (χ0) is 17.4. The van der Waals surface area contributed by atoms with Gasteiger partial charge in [0.25, 0.3) is 0 Å². The minimum Gasteiger partial charge on any atom is -0.491 e. The Hall–Kier alpha value is -1.46. The second-order valence-corrected chi connectivity index (χ2v) is 6.26. The van der Waals surface area contributed by atoms with Gasteiger partial charge in [0, 0.05) is 19.3 Å². The van der Waals surface area contributed by atoms with Crippen LogP contribution in [0.4, 0.5) is 5.69 Å². The van der Waals surface area contributed by atoms with Crippen molar-refractivity contribution in [3.63, 3.8) is 0 Å². The quantitative estimate of drug-likeness (QED) is 0.591. The average Bonchev–Trinajstić information content (AvgIpc) is 2.60. The number of nitrogens with one attached hydrogen (secondary N) is 2. The van der Waals surface area contributed by atoms with Crippen LogP contribution in [-0.2, 0) is 6.42 Å². The van der Waals surface area contributed by atoms with Gasteiger partial charge in [0.05, 0.1) is 10.0 Å². The van der Waals surface area contributed by atoms with Crippen molar-refractivity contribution < 1.29 is 9.84 Å². The zero-order valence-electron chi connectivity index (χ0n) is 13.6. The fraction of sp³-hybridized carbons (Fsp3) is 0.333. The Morgan fingerprint density at radius 1 is 1.08 bits per heavy atom. The Balaban J connectivity index is 1.63. The molecule has 0 aliphatic rings. The molecule has 0 unspecified atom stereocenters. The molecule has 3 N–H and O–H groups in total. The van der Waals surface area contributed by atoms with Crippen molar-refractivity contribution in [2.24, 2.45) is 0 Å². The second kappa shape index (κ2) is 9.74. The molecular formula is C18H22Cl2N2O2. The molecule has 0 aromatic heterocycles. The maximum absolute atomic E-state index is 9.95. The first kappa shape index (κ1) is 18.9. The fourth-order valence-corrected chi connectivity index (χ4v) is 2.49. The summed E-state index contributed by atoms with van der Waals surface area (Å²) in [4.78, 5) is 0. The summed E-state index contributed by atoms with van der Waals surface area (Å²) in [6.45, 7) is 1.46. The number of halogens is 2. The van der Waals surface area contributed by atoms with Gasteiger partial charge in [0.1, 0.15) is 18.5 Å². The Bertz CT molecular complexity index is 635. The lowest BCUT2D eigenvalue weighted by Crippen LogP contribution is -2.32. The molecule has 6 heteroatoms. The lowest BCUT2D eigenvalue weighted by Gasteiger charge is -2.13. The van der Waals surface area contributed by atoms with E-state index in [4.69, 9.17) is 27.9 Å². The highest BCUT2D eigenvalue weighted by Gasteiger charge is 2.05. The number of benzene rings is 2. The SMILES string of the molecule is CNc1ccc(OC[C@@H](O)CNCCc2ccc(Cl)c(Cl)c2)cc1. The normalized spacial score (nSPS) is 12.0. The Morgan fingerprint density at radius 3 is 2.50 bits per heavy atom. The van der Waals surface area contributed by atoms with Crippen LogP contribution in [0.2, 0.25) is 10.0 Å². The minimum absolute atomic E-state index is 0.249. The number of anilines is 1. The Kier molecular flexibility index (Phi) is 7.66. The molecule has 0 saturated carbocycles. The topological polar surface area (TPSA) is 53.5 Å². The summed E-state index contributed by atoms with van der Waals surface area (Å²) in [5.41, 5.74) is 2.12. The van der Waals surface area contributed by atoms with Crippen LogP contribution in [0, 0.1) is 0 Å². The fourth-order valence-electron chi connectivity index (χ4n) is 2.17. The van der Waals surface area contributed by atoms with Crippen molar-refractivity contribution in [1.29, 1.82) is 0 Å². The molecular weight excluding hydrogens is 347 g/mol. The van der Waals surface area contributed by atoms with Gasteiger partial charge in [0.2, 0.25) is 0 Å². The first-order valence-corrected chi connectivity index (χ1v) is 8.57. The molecule has 2 aromatic carbocycles. The van der Waals surface area contributed by atoms with E-state index in [-0.39, 0.29) is 6.61 Å². The molecule has 130 valence electrons. The number of hydrogen-bond acceptors (Lipinski definition) is 4. The van der Waals surface area contributed by atoms with Gasteiger partial charge in [-0.25, -0.2) is 0 Å². The van der Waals surface area contributed by atoms with Crippen molar-refractivity contribution in [1.82, 2.24) is 5.32 Å². The van der Waals surface area contributed by atoms with Crippen molar-refractivity contribution >= 4 is 28.9 Å². The first-order valence-electron chi connectivity index (χ1n) is 7.82. The molecule has 0 bridgehead atoms. The van der Waals surface area contributed by atoms with E-state index in [0.717, 1.165) is 30.0 Å². The van der Waals surface area contributed by atoms with Gasteiger partial charge in [-0.15, -0.1) is 0 Å². The highest BCUT2D eigenvalue weighted by atomic mass is 35.5. The Morgan fingerprint density at radius 2 is 1.83 bits per heavy atom. The van der Waals surface area contributed by atoms with E-state index in [1.54, 1.807) is 6.07 Å². The van der Waals surface area contributed by atoms with Crippen LogP contribution in [0.3, 0.4) is 0 Å². The molecule has 0 fully saturated rings. The third-order valence-electron chi connectivity index (χ3n) is 3.54. The monoisotopic (exact) mass is 368 g/mol. The summed E-state index contributed by atoms with van der Waals surface area (Å²) < 4.78 is 5.56. The molecule has 0 heterocycles. The van der Waals surface area contributed by atoms with Crippen molar-refractivity contribution in [3.8, 4) is 5.75 Å². The largest absolute Gasteiger partial charge is 0.491 e. The third-order valence-corrected chi connectivity index (χ3v) is 4.28. The van der Waals surface area contributed by atoms with Gasteiger partial charge in [-0.05, 0) is 54.9 Å². The molecule has 24 heavy (non-hydrogen) atoms. The lowest BCUT2D eigenvalue weighted by molar-refractivity contribution is 0.106. The van der Waals surface area contributed by atoms with E-state index in [0.29, 0.717) is 16.6 Å². The molecule has 0 aliphatic carbocycles. The summed E-state index contributed by atoms with van der Waals surface area (Å²) in [7, 11) is 1.86. The summed E-state index contributed by atoms with van der Waals surface area (Å²) >= 11 is 11.9. The van der Waals surface area contributed by atoms with Crippen molar-refractivity contribution in [2.45, 2.75) is 12.5 Å². The number of ether oxygens (including phenoxy) is 1. The summed E-state index contributed by atoms with van der Waals surface area (Å²) in [6, 6.07) is 13.2. The predicted octanol–water partition coefficient (Wildman–Crippen LogP) is 3.61. The van der Waals surface area contributed by atoms with Crippen molar-refractivity contribution in [2.75, 3.05) is 32.1 Å². The van der Waals surface area contributed by atoms with E-state index in [1.807, 2.05) is 43.4 Å². The van der Waals surface area contributed by atoms with Crippen LogP contribution in [0.5, 0.6) is 5.75 Å². The van der Waals surface area contributed by atoms with Crippen LogP contribution in [0.1, 0.15) is 5.56 Å². The third kappa shape index (κ3) is 6.21. The summed E-state index contributed by atoms with van der Waals surface area (Å²) in [6.07, 6.45) is 0.249. The van der Waals surface area contributed by atoms with E-state index >= 15 is 0 Å². The van der Waals surface area contributed by atoms with E-state index in [1.165, 1.54) is 0 Å². The number of aliphatic hydroxyl groups excluding tert-OH is 1. The van der Waals surface area contributed by atoms with Gasteiger partial charge in [-0.2, -0.15) is 0 Å². The zero-order valence-corrected chi connectivity index (χ0v) is 15.1. The van der Waals surface area contributed by atoms with Gasteiger partial charge in [-0.1, -0.05) is 29.3 Å². The summed E-state index contributed by atoms with van der Waals surface area (Å²) in [5.74, 6) is 0.740. The summed E-state index contributed by atoms with van der Waals surface area (Å²) in [5, 5.41) is 17.3. The van der Waals surface area contributed by atoms with Gasteiger partial charge < -0.3 is 20.5 Å². The minimum atomic E-state index is -0.567. The van der Waals surface area contributed by atoms with E-state index < -0.39 is 6.10 Å². The van der Waals surface area contributed by atoms with Gasteiger partial charge in [-0.3, -0.25) is 0 Å². The lowest BCUT2D eigenvalue weighted by atomic mass is 10.1. The van der Waals surface area contributed by atoms with E-state index in [2.05, 4.69) is 10.6 Å². The van der Waals surface area contributed by atoms with Crippen LogP contribution in [-0.4, -0.2) is 38.0 Å². The number of hydrogen-bond donors (Lipinski definition) is 3. The maximum atomic E-state index is 9.95. The van der Waals surface area contributed by atoms with Crippen LogP contribution >= 0.6 is 23.2 Å². The molecule has 2 aromatic rings. The van der Waals surface area contributed by atoms with Crippen LogP contribution in [0.15, 0.2) is 42.5 Å². The van der Waals surface area contributed by atoms with Gasteiger partial charge in [0.15, 0.2) is 0 Å². The molecule has 0 spiro atoms. The van der Waals surface area contributed by atoms with Gasteiger partial charge >= 0.3 is 0 Å². The first-order chi connectivity index (χ1) is 11.6. The molecule has 0 saturated heterocycles. The smallest absolute Gasteiger partial charge is 0.119 e. The molecule has 0 radical (unpaired) electrons. The van der Waals surface area contributed by atoms with E-state index in [9.17, 15) is 5.11 Å². The maximum Gasteiger partial charge on any atom is 0.119 e. The standard InChI is InChI=1S/C18H22Cl2N2O2/c1-21-14-3-5-16(6-4-14)24-12-15(23)11-22-9-8-13-2-7-17(19)18(20)10-13/h2-7,10,15,21-23H,8-9,11-12H2,1H3/t15-/m0/s1. The Labute approximate surface area is 152 Å². The highest BCUT2D eigenvalue weighted by molar-refractivity contribution is 6.42. The van der Waals surface area contributed by atoms with Crippen LogP contribution in [0.25, 0.3) is 0 Å². The second-order valence-electron chi connectivity index (χ2n) is 5.44. The molecule has 0 amide bonds. The average molecular weight is 369 g/mol. The van der Waals surface area contributed by atoms with Crippen LogP contribution < -0.4 is 15.4 Å². The van der Waals surface area contributed by atoms with Crippen molar-refractivity contribution in [3.05, 3.63) is 58.1 Å². The molecule has 4 nitrogen and oxygen atoms in total. The molecule has 0 aliphatic heterocycles. The predicted molar refractivity (Wildman–Crippen MR) is 101 cm³/mol. The highest BCUT2D eigenvalue weighted by Crippen LogP contribution is 2.22. The molecule has 1 atom stereocenters. The molecule has 2 rings (SSSR count). The number of aliphatic hydroxyl groups is 1.